The molecule has 9 heteroatoms. The number of amides is 1. The molecule has 2 aromatic heterocycles. The fourth-order valence-corrected chi connectivity index (χ4v) is 3.47. The van der Waals surface area contributed by atoms with Crippen LogP contribution < -0.4 is 19.5 Å². The fraction of sp³-hybridized carbons (Fsp3) is 0.211. The van der Waals surface area contributed by atoms with Gasteiger partial charge in [0, 0.05) is 22.0 Å². The predicted octanol–water partition coefficient (Wildman–Crippen LogP) is 3.04. The Bertz CT molecular complexity index is 1000. The Balaban J connectivity index is 1.46. The van der Waals surface area contributed by atoms with Crippen molar-refractivity contribution in [2.75, 3.05) is 6.79 Å². The maximum absolute atomic E-state index is 12.6. The van der Waals surface area contributed by atoms with Gasteiger partial charge in [-0.25, -0.2) is 9.97 Å². The summed E-state index contributed by atoms with van der Waals surface area (Å²) in [6.45, 7) is 2.20. The third kappa shape index (κ3) is 3.90. The van der Waals surface area contributed by atoms with Crippen LogP contribution in [0.5, 0.6) is 23.1 Å². The molecular weight excluding hydrogens is 382 g/mol. The first kappa shape index (κ1) is 18.2. The molecule has 1 amide bonds. The van der Waals surface area contributed by atoms with Gasteiger partial charge in [-0.15, -0.1) is 11.3 Å². The summed E-state index contributed by atoms with van der Waals surface area (Å²) >= 11 is 1.44. The SMILES string of the molecule is CC(O)c1ccc(CNC(=O)c2cncnc2Oc2ccc3c(c2)OCO3)s1. The number of thiophene rings is 1. The van der Waals surface area contributed by atoms with E-state index in [9.17, 15) is 9.90 Å². The van der Waals surface area contributed by atoms with Crippen LogP contribution in [0.3, 0.4) is 0 Å². The highest BCUT2D eigenvalue weighted by molar-refractivity contribution is 7.12. The highest BCUT2D eigenvalue weighted by atomic mass is 32.1. The van der Waals surface area contributed by atoms with Crippen molar-refractivity contribution in [1.82, 2.24) is 15.3 Å². The van der Waals surface area contributed by atoms with Gasteiger partial charge in [0.15, 0.2) is 11.5 Å². The number of ether oxygens (including phenoxy) is 3. The van der Waals surface area contributed by atoms with E-state index >= 15 is 0 Å². The van der Waals surface area contributed by atoms with E-state index in [0.29, 0.717) is 23.8 Å². The lowest BCUT2D eigenvalue weighted by atomic mass is 10.3. The third-order valence-corrected chi connectivity index (χ3v) is 5.25. The molecule has 1 aliphatic rings. The number of rotatable bonds is 6. The van der Waals surface area contributed by atoms with Gasteiger partial charge in [-0.3, -0.25) is 4.79 Å². The number of aliphatic hydroxyl groups is 1. The smallest absolute Gasteiger partial charge is 0.258 e. The van der Waals surface area contributed by atoms with Gasteiger partial charge in [0.2, 0.25) is 12.7 Å². The third-order valence-electron chi connectivity index (χ3n) is 4.00. The summed E-state index contributed by atoms with van der Waals surface area (Å²) in [6.07, 6.45) is 2.19. The van der Waals surface area contributed by atoms with Gasteiger partial charge in [-0.05, 0) is 31.2 Å². The van der Waals surface area contributed by atoms with E-state index < -0.39 is 6.10 Å². The van der Waals surface area contributed by atoms with Crippen molar-refractivity contribution in [3.63, 3.8) is 0 Å². The summed E-state index contributed by atoms with van der Waals surface area (Å²) in [5.74, 6) is 1.46. The van der Waals surface area contributed by atoms with Gasteiger partial charge in [-0.2, -0.15) is 0 Å². The molecule has 0 spiro atoms. The van der Waals surface area contributed by atoms with Gasteiger partial charge in [-0.1, -0.05) is 0 Å². The van der Waals surface area contributed by atoms with E-state index in [4.69, 9.17) is 14.2 Å². The van der Waals surface area contributed by atoms with E-state index in [1.807, 2.05) is 12.1 Å². The number of carbonyl (C=O) groups is 1. The van der Waals surface area contributed by atoms with Crippen molar-refractivity contribution < 1.29 is 24.1 Å². The Morgan fingerprint density at radius 1 is 1.32 bits per heavy atom. The number of nitrogens with one attached hydrogen (secondary N) is 1. The number of nitrogens with zero attached hydrogens (tertiary/aromatic N) is 2. The average molecular weight is 399 g/mol. The normalized spacial score (nSPS) is 13.2. The number of carbonyl (C=O) groups excluding carboxylic acids is 1. The van der Waals surface area contributed by atoms with Crippen LogP contribution >= 0.6 is 11.3 Å². The molecule has 144 valence electrons. The van der Waals surface area contributed by atoms with Crippen LogP contribution in [0.4, 0.5) is 0 Å². The first-order valence-corrected chi connectivity index (χ1v) is 9.34. The van der Waals surface area contributed by atoms with Gasteiger partial charge >= 0.3 is 0 Å². The van der Waals surface area contributed by atoms with E-state index in [2.05, 4.69) is 15.3 Å². The molecule has 0 aliphatic carbocycles. The van der Waals surface area contributed by atoms with Crippen LogP contribution in [-0.4, -0.2) is 27.8 Å². The number of benzene rings is 1. The zero-order valence-corrected chi connectivity index (χ0v) is 15.7. The Kier molecular flexibility index (Phi) is 5.09. The lowest BCUT2D eigenvalue weighted by molar-refractivity contribution is 0.0948. The first-order valence-electron chi connectivity index (χ1n) is 8.52. The second kappa shape index (κ2) is 7.83. The fourth-order valence-electron chi connectivity index (χ4n) is 2.58. The average Bonchev–Trinajstić information content (AvgIpc) is 3.35. The molecule has 0 bridgehead atoms. The van der Waals surface area contributed by atoms with Crippen molar-refractivity contribution in [1.29, 1.82) is 0 Å². The standard InChI is InChI=1S/C19H17N3O5S/c1-11(23)17-5-3-13(28-17)7-21-18(24)14-8-20-9-22-19(14)27-12-2-4-15-16(6-12)26-10-25-15/h2-6,8-9,11,23H,7,10H2,1H3,(H,21,24). The van der Waals surface area contributed by atoms with Crippen molar-refractivity contribution in [3.05, 3.63) is 58.2 Å². The minimum Gasteiger partial charge on any atom is -0.454 e. The van der Waals surface area contributed by atoms with Gasteiger partial charge < -0.3 is 24.6 Å². The van der Waals surface area contributed by atoms with Gasteiger partial charge in [0.25, 0.3) is 5.91 Å². The minimum atomic E-state index is -0.529. The molecule has 3 aromatic rings. The predicted molar refractivity (Wildman–Crippen MR) is 101 cm³/mol. The number of aromatic nitrogens is 2. The molecule has 3 heterocycles. The molecule has 1 aromatic carbocycles. The molecule has 0 saturated carbocycles. The van der Waals surface area contributed by atoms with E-state index in [1.54, 1.807) is 25.1 Å². The quantitative estimate of drug-likeness (QED) is 0.657. The van der Waals surface area contributed by atoms with Gasteiger partial charge in [0.05, 0.1) is 12.6 Å². The number of aliphatic hydroxyl groups excluding tert-OH is 1. The number of hydrogen-bond acceptors (Lipinski definition) is 8. The summed E-state index contributed by atoms with van der Waals surface area (Å²) in [5.41, 5.74) is 0.215. The molecule has 0 fully saturated rings. The van der Waals surface area contributed by atoms with E-state index in [0.717, 1.165) is 9.75 Å². The molecular formula is C19H17N3O5S. The first-order chi connectivity index (χ1) is 13.6. The highest BCUT2D eigenvalue weighted by Gasteiger charge is 2.18. The van der Waals surface area contributed by atoms with Crippen LogP contribution in [0.25, 0.3) is 0 Å². The topological polar surface area (TPSA) is 103 Å². The van der Waals surface area contributed by atoms with Crippen molar-refractivity contribution in [2.45, 2.75) is 19.6 Å². The monoisotopic (exact) mass is 399 g/mol. The molecule has 8 nitrogen and oxygen atoms in total. The zero-order valence-electron chi connectivity index (χ0n) is 14.9. The van der Waals surface area contributed by atoms with E-state index in [-0.39, 0.29) is 24.1 Å². The second-order valence-electron chi connectivity index (χ2n) is 6.02. The summed E-state index contributed by atoms with van der Waals surface area (Å²) in [5, 5.41) is 12.4. The van der Waals surface area contributed by atoms with Crippen LogP contribution in [0, 0.1) is 0 Å². The van der Waals surface area contributed by atoms with Crippen LogP contribution in [0.1, 0.15) is 33.1 Å². The summed E-state index contributed by atoms with van der Waals surface area (Å²) in [7, 11) is 0. The van der Waals surface area contributed by atoms with E-state index in [1.165, 1.54) is 23.9 Å². The molecule has 2 N–H and O–H groups in total. The second-order valence-corrected chi connectivity index (χ2v) is 7.22. The van der Waals surface area contributed by atoms with Crippen LogP contribution in [-0.2, 0) is 6.54 Å². The summed E-state index contributed by atoms with van der Waals surface area (Å²) in [6, 6.07) is 8.83. The Hall–Kier alpha value is -3.17. The highest BCUT2D eigenvalue weighted by Crippen LogP contribution is 2.36. The number of hydrogen-bond donors (Lipinski definition) is 2. The number of fused-ring (bicyclic) bond motifs is 1. The molecule has 0 radical (unpaired) electrons. The maximum Gasteiger partial charge on any atom is 0.258 e. The Morgan fingerprint density at radius 3 is 3.00 bits per heavy atom. The molecule has 1 unspecified atom stereocenters. The zero-order chi connectivity index (χ0) is 19.5. The Labute approximate surface area is 164 Å². The van der Waals surface area contributed by atoms with Crippen LogP contribution in [0.2, 0.25) is 0 Å². The lowest BCUT2D eigenvalue weighted by Gasteiger charge is -2.10. The molecule has 28 heavy (non-hydrogen) atoms. The Morgan fingerprint density at radius 2 is 2.18 bits per heavy atom. The largest absolute Gasteiger partial charge is 0.454 e. The van der Waals surface area contributed by atoms with Crippen molar-refractivity contribution in [3.8, 4) is 23.1 Å². The molecule has 0 saturated heterocycles. The minimum absolute atomic E-state index is 0.141. The molecule has 1 aliphatic heterocycles. The lowest BCUT2D eigenvalue weighted by Crippen LogP contribution is -2.23. The van der Waals surface area contributed by atoms with Crippen LogP contribution in [0.15, 0.2) is 42.9 Å². The summed E-state index contributed by atoms with van der Waals surface area (Å²) < 4.78 is 16.4. The molecule has 1 atom stereocenters. The van der Waals surface area contributed by atoms with Crippen molar-refractivity contribution in [2.24, 2.45) is 0 Å². The summed E-state index contributed by atoms with van der Waals surface area (Å²) in [4.78, 5) is 22.4. The van der Waals surface area contributed by atoms with Gasteiger partial charge in [0.1, 0.15) is 17.6 Å². The molecule has 4 rings (SSSR count). The maximum atomic E-state index is 12.6. The van der Waals surface area contributed by atoms with Crippen molar-refractivity contribution >= 4 is 17.2 Å².